The number of hydrogen-bond donors (Lipinski definition) is 1. The number of rotatable bonds is 6. The number of aliphatic imine (C=N–C) groups is 1. The number of carbonyl (C=O) groups excluding carboxylic acids is 2. The molecule has 3 aromatic rings. The molecule has 1 heterocycles. The summed E-state index contributed by atoms with van der Waals surface area (Å²) in [6.07, 6.45) is 0.821. The van der Waals surface area contributed by atoms with Gasteiger partial charge in [-0.1, -0.05) is 24.3 Å². The second-order valence-electron chi connectivity index (χ2n) is 8.81. The summed E-state index contributed by atoms with van der Waals surface area (Å²) >= 11 is 0. The third-order valence-electron chi connectivity index (χ3n) is 5.66. The monoisotopic (exact) mass is 462 g/mol. The van der Waals surface area contributed by atoms with Crippen molar-refractivity contribution in [1.29, 1.82) is 0 Å². The number of fused-ring (bicyclic) bond motifs is 1. The van der Waals surface area contributed by atoms with Gasteiger partial charge in [-0.15, -0.1) is 0 Å². The van der Waals surface area contributed by atoms with Gasteiger partial charge < -0.3 is 10.1 Å². The summed E-state index contributed by atoms with van der Waals surface area (Å²) in [6.45, 7) is 4.04. The fraction of sp³-hybridized carbons (Fsp3) is 0.222. The lowest BCUT2D eigenvalue weighted by atomic mass is 9.85. The maximum Gasteiger partial charge on any atom is 0.258 e. The van der Waals surface area contributed by atoms with E-state index in [2.05, 4.69) is 5.32 Å². The molecule has 0 aromatic heterocycles. The highest BCUT2D eigenvalue weighted by Crippen LogP contribution is 2.31. The molecule has 1 N–H and O–H groups in total. The zero-order chi connectivity index (χ0) is 24.5. The zero-order valence-electron chi connectivity index (χ0n) is 19.1. The van der Waals surface area contributed by atoms with Crippen LogP contribution < -0.4 is 10.1 Å². The molecule has 0 saturated carbocycles. The topological polar surface area (TPSA) is 67.8 Å². The first-order valence-electron chi connectivity index (χ1n) is 10.8. The summed E-state index contributed by atoms with van der Waals surface area (Å²) in [4.78, 5) is 30.4. The molecule has 1 aliphatic heterocycles. The van der Waals surface area contributed by atoms with Gasteiger partial charge in [0.1, 0.15) is 5.75 Å². The van der Waals surface area contributed by atoms with Gasteiger partial charge in [-0.3, -0.25) is 14.6 Å². The maximum atomic E-state index is 13.9. The molecule has 0 spiro atoms. The first-order chi connectivity index (χ1) is 16.2. The van der Waals surface area contributed by atoms with Crippen molar-refractivity contribution in [3.63, 3.8) is 0 Å². The van der Waals surface area contributed by atoms with E-state index in [4.69, 9.17) is 9.73 Å². The molecular weight excluding hydrogens is 438 g/mol. The van der Waals surface area contributed by atoms with Gasteiger partial charge in [-0.05, 0) is 62.2 Å². The number of hydrogen-bond acceptors (Lipinski definition) is 4. The number of methoxy groups -OCH3 is 1. The van der Waals surface area contributed by atoms with Crippen LogP contribution in [0.5, 0.6) is 5.75 Å². The maximum absolute atomic E-state index is 13.9. The van der Waals surface area contributed by atoms with Crippen LogP contribution in [0.4, 0.5) is 14.5 Å². The molecule has 0 saturated heterocycles. The zero-order valence-corrected chi connectivity index (χ0v) is 19.1. The molecule has 0 atom stereocenters. The van der Waals surface area contributed by atoms with Gasteiger partial charge in [0.2, 0.25) is 0 Å². The van der Waals surface area contributed by atoms with Crippen molar-refractivity contribution in [3.05, 3.63) is 94.6 Å². The standard InChI is InChI=1S/C27H24F2N2O3/c1-27(2)15-17-10-11-19(34-3)13-21(17)23(31-27)14-24(32)16-6-4-7-18(12-16)30-26(33)20-8-5-9-22(28)25(20)29/h4-13H,14-15H2,1-3H3,(H,30,33). The van der Waals surface area contributed by atoms with E-state index in [1.165, 1.54) is 18.2 Å². The fourth-order valence-electron chi connectivity index (χ4n) is 4.07. The number of anilines is 1. The minimum absolute atomic E-state index is 0.0690. The quantitative estimate of drug-likeness (QED) is 0.484. The number of halogens is 2. The van der Waals surface area contributed by atoms with Crippen LogP contribution >= 0.6 is 0 Å². The van der Waals surface area contributed by atoms with Crippen molar-refractivity contribution in [2.75, 3.05) is 12.4 Å². The number of Topliss-reactive ketones (excluding diaryl/α,β-unsaturated/α-hetero) is 1. The summed E-state index contributed by atoms with van der Waals surface area (Å²) in [5.74, 6) is -2.63. The summed E-state index contributed by atoms with van der Waals surface area (Å²) < 4.78 is 32.8. The van der Waals surface area contributed by atoms with E-state index in [0.29, 0.717) is 22.7 Å². The van der Waals surface area contributed by atoms with Gasteiger partial charge in [-0.2, -0.15) is 0 Å². The molecule has 174 valence electrons. The largest absolute Gasteiger partial charge is 0.497 e. The summed E-state index contributed by atoms with van der Waals surface area (Å²) in [6, 6.07) is 15.5. The van der Waals surface area contributed by atoms with E-state index >= 15 is 0 Å². The molecule has 4 rings (SSSR count). The highest BCUT2D eigenvalue weighted by atomic mass is 19.2. The molecule has 1 aliphatic rings. The van der Waals surface area contributed by atoms with Crippen LogP contribution in [0.2, 0.25) is 0 Å². The Kier molecular flexibility index (Phi) is 6.28. The molecule has 0 fully saturated rings. The van der Waals surface area contributed by atoms with E-state index < -0.39 is 23.1 Å². The van der Waals surface area contributed by atoms with Gasteiger partial charge in [0.05, 0.1) is 30.3 Å². The summed E-state index contributed by atoms with van der Waals surface area (Å²) in [5, 5.41) is 2.52. The lowest BCUT2D eigenvalue weighted by molar-refractivity contribution is 0.0995. The first-order valence-corrected chi connectivity index (χ1v) is 10.8. The van der Waals surface area contributed by atoms with Crippen LogP contribution in [0.1, 0.15) is 52.1 Å². The molecule has 7 heteroatoms. The molecule has 0 bridgehead atoms. The van der Waals surface area contributed by atoms with E-state index in [0.717, 1.165) is 23.6 Å². The highest BCUT2D eigenvalue weighted by molar-refractivity contribution is 6.17. The van der Waals surface area contributed by atoms with E-state index in [1.807, 2.05) is 32.0 Å². The Hall–Kier alpha value is -3.87. The first kappa shape index (κ1) is 23.3. The van der Waals surface area contributed by atoms with Crippen LogP contribution in [0.15, 0.2) is 65.7 Å². The number of amides is 1. The van der Waals surface area contributed by atoms with Gasteiger partial charge in [0.15, 0.2) is 17.4 Å². The Bertz CT molecular complexity index is 1310. The van der Waals surface area contributed by atoms with Crippen LogP contribution in [0.3, 0.4) is 0 Å². The Morgan fingerprint density at radius 1 is 1.06 bits per heavy atom. The van der Waals surface area contributed by atoms with Crippen molar-refractivity contribution in [3.8, 4) is 5.75 Å². The number of ether oxygens (including phenoxy) is 1. The molecule has 0 radical (unpaired) electrons. The SMILES string of the molecule is COc1ccc2c(c1)C(CC(=O)c1cccc(NC(=O)c3cccc(F)c3F)c1)=NC(C)(C)C2. The van der Waals surface area contributed by atoms with E-state index in [-0.39, 0.29) is 17.7 Å². The highest BCUT2D eigenvalue weighted by Gasteiger charge is 2.28. The molecule has 0 aliphatic carbocycles. The predicted octanol–water partition coefficient (Wildman–Crippen LogP) is 5.62. The summed E-state index contributed by atoms with van der Waals surface area (Å²) in [5.41, 5.74) is 2.56. The molecule has 0 unspecified atom stereocenters. The molecule has 3 aromatic carbocycles. The Balaban J connectivity index is 1.57. The predicted molar refractivity (Wildman–Crippen MR) is 127 cm³/mol. The van der Waals surface area contributed by atoms with Crippen molar-refractivity contribution < 1.29 is 23.1 Å². The third kappa shape index (κ3) is 4.88. The fourth-order valence-corrected chi connectivity index (χ4v) is 4.07. The normalized spacial score (nSPS) is 14.1. The average Bonchev–Trinajstić information content (AvgIpc) is 2.80. The second kappa shape index (κ2) is 9.17. The second-order valence-corrected chi connectivity index (χ2v) is 8.81. The van der Waals surface area contributed by atoms with Crippen LogP contribution in [0, 0.1) is 11.6 Å². The summed E-state index contributed by atoms with van der Waals surface area (Å²) in [7, 11) is 1.59. The van der Waals surface area contributed by atoms with Crippen LogP contribution in [0.25, 0.3) is 0 Å². The minimum Gasteiger partial charge on any atom is -0.497 e. The van der Waals surface area contributed by atoms with Crippen molar-refractivity contribution in [1.82, 2.24) is 0 Å². The minimum atomic E-state index is -1.22. The smallest absolute Gasteiger partial charge is 0.258 e. The number of nitrogens with zero attached hydrogens (tertiary/aromatic N) is 1. The van der Waals surface area contributed by atoms with E-state index in [9.17, 15) is 18.4 Å². The lowest BCUT2D eigenvalue weighted by Crippen LogP contribution is -2.30. The molecule has 34 heavy (non-hydrogen) atoms. The van der Waals surface area contributed by atoms with Crippen molar-refractivity contribution >= 4 is 23.1 Å². The molecule has 1 amide bonds. The van der Waals surface area contributed by atoms with Crippen LogP contribution in [-0.2, 0) is 6.42 Å². The molecule has 5 nitrogen and oxygen atoms in total. The molecular formula is C27H24F2N2O3. The Labute approximate surface area is 196 Å². The number of ketones is 1. The van der Waals surface area contributed by atoms with Crippen molar-refractivity contribution in [2.24, 2.45) is 4.99 Å². The van der Waals surface area contributed by atoms with Gasteiger partial charge >= 0.3 is 0 Å². The van der Waals surface area contributed by atoms with E-state index in [1.54, 1.807) is 25.3 Å². The third-order valence-corrected chi connectivity index (χ3v) is 5.66. The Morgan fingerprint density at radius 3 is 2.59 bits per heavy atom. The number of carbonyl (C=O) groups is 2. The van der Waals surface area contributed by atoms with Crippen LogP contribution in [-0.4, -0.2) is 30.1 Å². The average molecular weight is 462 g/mol. The van der Waals surface area contributed by atoms with Crippen molar-refractivity contribution in [2.45, 2.75) is 32.2 Å². The van der Waals surface area contributed by atoms with Gasteiger partial charge in [0, 0.05) is 16.8 Å². The number of benzene rings is 3. The van der Waals surface area contributed by atoms with Gasteiger partial charge in [-0.25, -0.2) is 8.78 Å². The van der Waals surface area contributed by atoms with Gasteiger partial charge in [0.25, 0.3) is 5.91 Å². The lowest BCUT2D eigenvalue weighted by Gasteiger charge is -2.29. The Morgan fingerprint density at radius 2 is 1.82 bits per heavy atom. The number of nitrogens with one attached hydrogen (secondary N) is 1.